The fourth-order valence-electron chi connectivity index (χ4n) is 2.95. The molecule has 0 aromatic heterocycles. The van der Waals surface area contributed by atoms with Crippen LogP contribution in [0.25, 0.3) is 0 Å². The maximum atomic E-state index is 3.45. The van der Waals surface area contributed by atoms with Gasteiger partial charge in [-0.3, -0.25) is 4.90 Å². The molecular formula is C15H24N2. The molecule has 2 atom stereocenters. The summed E-state index contributed by atoms with van der Waals surface area (Å²) in [6, 6.07) is 11.5. The van der Waals surface area contributed by atoms with E-state index in [2.05, 4.69) is 54.5 Å². The van der Waals surface area contributed by atoms with Crippen LogP contribution >= 0.6 is 0 Å². The van der Waals surface area contributed by atoms with Crippen molar-refractivity contribution >= 4 is 0 Å². The van der Waals surface area contributed by atoms with Crippen LogP contribution in [-0.2, 0) is 6.54 Å². The molecule has 2 rings (SSSR count). The predicted octanol–water partition coefficient (Wildman–Crippen LogP) is 2.51. The number of benzene rings is 1. The molecule has 1 aromatic rings. The van der Waals surface area contributed by atoms with Gasteiger partial charge in [0.05, 0.1) is 0 Å². The summed E-state index contributed by atoms with van der Waals surface area (Å²) >= 11 is 0. The van der Waals surface area contributed by atoms with E-state index in [1.165, 1.54) is 31.5 Å². The summed E-state index contributed by atoms with van der Waals surface area (Å²) < 4.78 is 0. The second-order valence-corrected chi connectivity index (χ2v) is 5.07. The third kappa shape index (κ3) is 3.30. The average Bonchev–Trinajstić information content (AvgIpc) is 2.81. The Balaban J connectivity index is 1.86. The number of nitrogens with one attached hydrogen (secondary N) is 1. The van der Waals surface area contributed by atoms with Crippen LogP contribution in [0.2, 0.25) is 0 Å². The van der Waals surface area contributed by atoms with E-state index < -0.39 is 0 Å². The molecule has 1 saturated heterocycles. The third-order valence-electron chi connectivity index (χ3n) is 3.94. The van der Waals surface area contributed by atoms with Crippen molar-refractivity contribution in [3.63, 3.8) is 0 Å². The van der Waals surface area contributed by atoms with Gasteiger partial charge in [0.1, 0.15) is 0 Å². The molecule has 1 heterocycles. The van der Waals surface area contributed by atoms with E-state index in [9.17, 15) is 0 Å². The maximum absolute atomic E-state index is 3.45. The van der Waals surface area contributed by atoms with Crippen molar-refractivity contribution in [3.05, 3.63) is 35.9 Å². The SMILES string of the molecule is CCC(NC)C1CCN(Cc2ccccc2)C1. The Labute approximate surface area is 105 Å². The number of nitrogens with zero attached hydrogens (tertiary/aromatic N) is 1. The first-order valence-electron chi connectivity index (χ1n) is 6.77. The van der Waals surface area contributed by atoms with Crippen molar-refractivity contribution in [2.45, 2.75) is 32.4 Å². The molecule has 94 valence electrons. The molecule has 2 unspecified atom stereocenters. The summed E-state index contributed by atoms with van der Waals surface area (Å²) in [4.78, 5) is 2.58. The van der Waals surface area contributed by atoms with Gasteiger partial charge >= 0.3 is 0 Å². The topological polar surface area (TPSA) is 15.3 Å². The van der Waals surface area contributed by atoms with Crippen LogP contribution < -0.4 is 5.32 Å². The number of hydrogen-bond acceptors (Lipinski definition) is 2. The summed E-state index contributed by atoms with van der Waals surface area (Å²) in [5, 5.41) is 3.45. The summed E-state index contributed by atoms with van der Waals surface area (Å²) in [7, 11) is 2.09. The quantitative estimate of drug-likeness (QED) is 0.839. The number of rotatable bonds is 5. The maximum Gasteiger partial charge on any atom is 0.0233 e. The van der Waals surface area contributed by atoms with E-state index in [-0.39, 0.29) is 0 Å². The molecule has 0 radical (unpaired) electrons. The lowest BCUT2D eigenvalue weighted by atomic mass is 9.97. The van der Waals surface area contributed by atoms with Gasteiger partial charge in [0.15, 0.2) is 0 Å². The minimum absolute atomic E-state index is 0.691. The monoisotopic (exact) mass is 232 g/mol. The second kappa shape index (κ2) is 6.18. The molecule has 0 amide bonds. The summed E-state index contributed by atoms with van der Waals surface area (Å²) in [5.74, 6) is 0.828. The van der Waals surface area contributed by atoms with Crippen molar-refractivity contribution in [1.29, 1.82) is 0 Å². The zero-order chi connectivity index (χ0) is 12.1. The van der Waals surface area contributed by atoms with Crippen LogP contribution in [0.4, 0.5) is 0 Å². The number of hydrogen-bond donors (Lipinski definition) is 1. The molecule has 1 aromatic carbocycles. The first-order valence-corrected chi connectivity index (χ1v) is 6.77. The Kier molecular flexibility index (Phi) is 4.57. The fraction of sp³-hybridized carbons (Fsp3) is 0.600. The lowest BCUT2D eigenvalue weighted by Crippen LogP contribution is -2.34. The van der Waals surface area contributed by atoms with E-state index in [1.807, 2.05) is 0 Å². The molecule has 2 heteroatoms. The molecule has 1 aliphatic heterocycles. The molecule has 0 bridgehead atoms. The second-order valence-electron chi connectivity index (χ2n) is 5.07. The van der Waals surface area contributed by atoms with E-state index in [0.717, 1.165) is 12.5 Å². The molecule has 1 fully saturated rings. The zero-order valence-corrected chi connectivity index (χ0v) is 11.0. The molecule has 1 aliphatic rings. The van der Waals surface area contributed by atoms with Crippen molar-refractivity contribution in [2.75, 3.05) is 20.1 Å². The van der Waals surface area contributed by atoms with E-state index >= 15 is 0 Å². The van der Waals surface area contributed by atoms with Crippen LogP contribution in [0.5, 0.6) is 0 Å². The van der Waals surface area contributed by atoms with Crippen molar-refractivity contribution in [1.82, 2.24) is 10.2 Å². The van der Waals surface area contributed by atoms with Crippen molar-refractivity contribution in [2.24, 2.45) is 5.92 Å². The normalized spacial score (nSPS) is 22.8. The van der Waals surface area contributed by atoms with Crippen LogP contribution in [0.1, 0.15) is 25.3 Å². The van der Waals surface area contributed by atoms with Crippen LogP contribution in [-0.4, -0.2) is 31.1 Å². The summed E-state index contributed by atoms with van der Waals surface area (Å²) in [6.45, 7) is 5.88. The van der Waals surface area contributed by atoms with Gasteiger partial charge in [-0.05, 0) is 37.9 Å². The van der Waals surface area contributed by atoms with Crippen LogP contribution in [0.15, 0.2) is 30.3 Å². The Morgan fingerprint density at radius 2 is 2.12 bits per heavy atom. The van der Waals surface area contributed by atoms with Crippen molar-refractivity contribution < 1.29 is 0 Å². The van der Waals surface area contributed by atoms with Gasteiger partial charge in [0.2, 0.25) is 0 Å². The van der Waals surface area contributed by atoms with E-state index in [4.69, 9.17) is 0 Å². The van der Waals surface area contributed by atoms with Crippen molar-refractivity contribution in [3.8, 4) is 0 Å². The summed E-state index contributed by atoms with van der Waals surface area (Å²) in [5.41, 5.74) is 1.44. The minimum Gasteiger partial charge on any atom is -0.317 e. The van der Waals surface area contributed by atoms with Gasteiger partial charge in [-0.1, -0.05) is 37.3 Å². The Morgan fingerprint density at radius 1 is 1.35 bits per heavy atom. The standard InChI is InChI=1S/C15H24N2/c1-3-15(16-2)14-9-10-17(12-14)11-13-7-5-4-6-8-13/h4-8,14-16H,3,9-12H2,1-2H3. The van der Waals surface area contributed by atoms with Gasteiger partial charge < -0.3 is 5.32 Å². The highest BCUT2D eigenvalue weighted by Gasteiger charge is 2.27. The average molecular weight is 232 g/mol. The Bertz CT molecular complexity index is 319. The highest BCUT2D eigenvalue weighted by molar-refractivity contribution is 5.14. The molecule has 2 nitrogen and oxygen atoms in total. The first-order chi connectivity index (χ1) is 8.33. The molecule has 17 heavy (non-hydrogen) atoms. The van der Waals surface area contributed by atoms with Crippen LogP contribution in [0.3, 0.4) is 0 Å². The highest BCUT2D eigenvalue weighted by Crippen LogP contribution is 2.22. The third-order valence-corrected chi connectivity index (χ3v) is 3.94. The zero-order valence-electron chi connectivity index (χ0n) is 11.0. The molecule has 1 N–H and O–H groups in total. The lowest BCUT2D eigenvalue weighted by Gasteiger charge is -2.22. The number of likely N-dealkylation sites (tertiary alicyclic amines) is 1. The molecular weight excluding hydrogens is 208 g/mol. The summed E-state index contributed by atoms with van der Waals surface area (Å²) in [6.07, 6.45) is 2.58. The van der Waals surface area contributed by atoms with Gasteiger partial charge in [0.25, 0.3) is 0 Å². The molecule has 0 spiro atoms. The fourth-order valence-corrected chi connectivity index (χ4v) is 2.95. The lowest BCUT2D eigenvalue weighted by molar-refractivity contribution is 0.293. The minimum atomic E-state index is 0.691. The van der Waals surface area contributed by atoms with E-state index in [1.54, 1.807) is 0 Å². The van der Waals surface area contributed by atoms with Gasteiger partial charge in [-0.2, -0.15) is 0 Å². The van der Waals surface area contributed by atoms with Gasteiger partial charge in [-0.25, -0.2) is 0 Å². The Hall–Kier alpha value is -0.860. The van der Waals surface area contributed by atoms with Crippen LogP contribution in [0, 0.1) is 5.92 Å². The largest absolute Gasteiger partial charge is 0.317 e. The Morgan fingerprint density at radius 3 is 2.76 bits per heavy atom. The smallest absolute Gasteiger partial charge is 0.0233 e. The molecule has 0 aliphatic carbocycles. The molecule has 0 saturated carbocycles. The predicted molar refractivity (Wildman–Crippen MR) is 73.0 cm³/mol. The van der Waals surface area contributed by atoms with Gasteiger partial charge in [-0.15, -0.1) is 0 Å². The highest BCUT2D eigenvalue weighted by atomic mass is 15.1. The van der Waals surface area contributed by atoms with Gasteiger partial charge in [0, 0.05) is 19.1 Å². The van der Waals surface area contributed by atoms with E-state index in [0.29, 0.717) is 6.04 Å². The first kappa shape index (κ1) is 12.6.